The standard InChI is InChI=1S/C12H14F2N2O2S/c1-8(2)19(17,18)4-3-16-7-15-11-5-9(13)10(14)6-12(11)16/h5-8H,3-4H2,1-2H3. The predicted molar refractivity (Wildman–Crippen MR) is 68.6 cm³/mol. The maximum atomic E-state index is 13.2. The van der Waals surface area contributed by atoms with Crippen molar-refractivity contribution < 1.29 is 17.2 Å². The number of fused-ring (bicyclic) bond motifs is 1. The topological polar surface area (TPSA) is 52.0 Å². The Morgan fingerprint density at radius 3 is 2.53 bits per heavy atom. The van der Waals surface area contributed by atoms with E-state index in [4.69, 9.17) is 0 Å². The molecule has 1 aromatic heterocycles. The Morgan fingerprint density at radius 1 is 1.26 bits per heavy atom. The smallest absolute Gasteiger partial charge is 0.161 e. The number of imidazole rings is 1. The molecule has 0 bridgehead atoms. The summed E-state index contributed by atoms with van der Waals surface area (Å²) >= 11 is 0. The van der Waals surface area contributed by atoms with Crippen LogP contribution in [0.4, 0.5) is 8.78 Å². The van der Waals surface area contributed by atoms with Crippen LogP contribution in [-0.2, 0) is 16.4 Å². The third kappa shape index (κ3) is 2.75. The van der Waals surface area contributed by atoms with Crippen LogP contribution in [0.25, 0.3) is 11.0 Å². The van der Waals surface area contributed by atoms with Gasteiger partial charge in [-0.15, -0.1) is 0 Å². The highest BCUT2D eigenvalue weighted by atomic mass is 32.2. The van der Waals surface area contributed by atoms with Gasteiger partial charge in [0.25, 0.3) is 0 Å². The van der Waals surface area contributed by atoms with Gasteiger partial charge < -0.3 is 4.57 Å². The van der Waals surface area contributed by atoms with E-state index in [2.05, 4.69) is 4.98 Å². The molecule has 0 atom stereocenters. The molecular weight excluding hydrogens is 274 g/mol. The second-order valence-electron chi connectivity index (χ2n) is 4.61. The molecule has 0 aliphatic rings. The summed E-state index contributed by atoms with van der Waals surface area (Å²) < 4.78 is 51.1. The van der Waals surface area contributed by atoms with Crippen LogP contribution in [-0.4, -0.2) is 29.0 Å². The van der Waals surface area contributed by atoms with Gasteiger partial charge in [-0.3, -0.25) is 0 Å². The van der Waals surface area contributed by atoms with E-state index >= 15 is 0 Å². The number of benzene rings is 1. The summed E-state index contributed by atoms with van der Waals surface area (Å²) in [4.78, 5) is 3.93. The zero-order valence-corrected chi connectivity index (χ0v) is 11.4. The Kier molecular flexibility index (Phi) is 3.58. The van der Waals surface area contributed by atoms with Gasteiger partial charge in [-0.1, -0.05) is 0 Å². The van der Waals surface area contributed by atoms with Crippen LogP contribution in [0.3, 0.4) is 0 Å². The Balaban J connectivity index is 2.30. The van der Waals surface area contributed by atoms with Crippen LogP contribution in [0.5, 0.6) is 0 Å². The van der Waals surface area contributed by atoms with Gasteiger partial charge in [0.15, 0.2) is 21.5 Å². The van der Waals surface area contributed by atoms with Crippen LogP contribution in [0, 0.1) is 11.6 Å². The van der Waals surface area contributed by atoms with E-state index in [1.165, 1.54) is 10.9 Å². The fraction of sp³-hybridized carbons (Fsp3) is 0.417. The number of hydrogen-bond donors (Lipinski definition) is 0. The normalized spacial score (nSPS) is 12.5. The van der Waals surface area contributed by atoms with Gasteiger partial charge in [-0.25, -0.2) is 22.2 Å². The van der Waals surface area contributed by atoms with Crippen LogP contribution in [0.2, 0.25) is 0 Å². The number of aryl methyl sites for hydroxylation is 1. The van der Waals surface area contributed by atoms with Crippen molar-refractivity contribution in [3.63, 3.8) is 0 Å². The first-order valence-electron chi connectivity index (χ1n) is 5.82. The monoisotopic (exact) mass is 288 g/mol. The number of rotatable bonds is 4. The highest BCUT2D eigenvalue weighted by Gasteiger charge is 2.17. The summed E-state index contributed by atoms with van der Waals surface area (Å²) in [7, 11) is -3.18. The highest BCUT2D eigenvalue weighted by Crippen LogP contribution is 2.17. The van der Waals surface area contributed by atoms with Crippen LogP contribution in [0.15, 0.2) is 18.5 Å². The summed E-state index contributed by atoms with van der Waals surface area (Å²) in [5.41, 5.74) is 0.693. The Hall–Kier alpha value is -1.50. The molecule has 0 aliphatic heterocycles. The Labute approximate surface area is 110 Å². The predicted octanol–water partition coefficient (Wildman–Crippen LogP) is 2.14. The average Bonchev–Trinajstić information content (AvgIpc) is 2.69. The molecule has 0 aliphatic carbocycles. The number of nitrogens with zero attached hydrogens (tertiary/aromatic N) is 2. The quantitative estimate of drug-likeness (QED) is 0.866. The maximum absolute atomic E-state index is 13.2. The highest BCUT2D eigenvalue weighted by molar-refractivity contribution is 7.91. The van der Waals surface area contributed by atoms with E-state index in [0.717, 1.165) is 12.1 Å². The van der Waals surface area contributed by atoms with Crippen molar-refractivity contribution in [3.05, 3.63) is 30.1 Å². The third-order valence-electron chi connectivity index (χ3n) is 3.00. The fourth-order valence-corrected chi connectivity index (χ4v) is 2.62. The molecule has 0 radical (unpaired) electrons. The molecule has 2 aromatic rings. The first-order valence-corrected chi connectivity index (χ1v) is 7.54. The molecule has 0 fully saturated rings. The lowest BCUT2D eigenvalue weighted by Gasteiger charge is -2.08. The molecule has 0 spiro atoms. The van der Waals surface area contributed by atoms with Gasteiger partial charge in [0.05, 0.1) is 28.4 Å². The minimum absolute atomic E-state index is 0.0604. The number of hydrogen-bond acceptors (Lipinski definition) is 3. The minimum atomic E-state index is -3.18. The molecule has 0 saturated heterocycles. The van der Waals surface area contributed by atoms with Gasteiger partial charge in [0.2, 0.25) is 0 Å². The van der Waals surface area contributed by atoms with Gasteiger partial charge in [0.1, 0.15) is 0 Å². The van der Waals surface area contributed by atoms with Gasteiger partial charge in [-0.2, -0.15) is 0 Å². The van der Waals surface area contributed by atoms with Gasteiger partial charge in [0, 0.05) is 18.7 Å². The molecule has 104 valence electrons. The first kappa shape index (κ1) is 13.9. The first-order chi connectivity index (χ1) is 8.81. The molecule has 7 heteroatoms. The number of halogens is 2. The average molecular weight is 288 g/mol. The minimum Gasteiger partial charge on any atom is -0.329 e. The SMILES string of the molecule is CC(C)S(=O)(=O)CCn1cnc2cc(F)c(F)cc21. The second kappa shape index (κ2) is 4.88. The molecule has 0 saturated carbocycles. The van der Waals surface area contributed by atoms with Crippen molar-refractivity contribution in [3.8, 4) is 0 Å². The maximum Gasteiger partial charge on any atom is 0.161 e. The van der Waals surface area contributed by atoms with Crippen molar-refractivity contribution in [2.75, 3.05) is 5.75 Å². The van der Waals surface area contributed by atoms with Gasteiger partial charge in [-0.05, 0) is 13.8 Å². The third-order valence-corrected chi connectivity index (χ3v) is 5.19. The Morgan fingerprint density at radius 2 is 1.89 bits per heavy atom. The van der Waals surface area contributed by atoms with Crippen LogP contribution < -0.4 is 0 Å². The zero-order chi connectivity index (χ0) is 14.2. The van der Waals surface area contributed by atoms with Crippen molar-refractivity contribution in [1.82, 2.24) is 9.55 Å². The van der Waals surface area contributed by atoms with E-state index in [1.807, 2.05) is 0 Å². The number of aromatic nitrogens is 2. The van der Waals surface area contributed by atoms with Crippen molar-refractivity contribution in [2.45, 2.75) is 25.6 Å². The van der Waals surface area contributed by atoms with Crippen molar-refractivity contribution in [2.24, 2.45) is 0 Å². The molecule has 0 N–H and O–H groups in total. The molecule has 2 rings (SSSR count). The van der Waals surface area contributed by atoms with E-state index in [9.17, 15) is 17.2 Å². The van der Waals surface area contributed by atoms with E-state index in [1.54, 1.807) is 13.8 Å². The molecule has 0 unspecified atom stereocenters. The summed E-state index contributed by atoms with van der Waals surface area (Å²) in [5.74, 6) is -2.00. The van der Waals surface area contributed by atoms with E-state index < -0.39 is 26.7 Å². The Bertz CT molecular complexity index is 708. The number of sulfone groups is 1. The van der Waals surface area contributed by atoms with Crippen molar-refractivity contribution >= 4 is 20.9 Å². The van der Waals surface area contributed by atoms with E-state index in [0.29, 0.717) is 11.0 Å². The molecule has 0 amide bonds. The molecule has 1 heterocycles. The fourth-order valence-electron chi connectivity index (χ4n) is 1.69. The lowest BCUT2D eigenvalue weighted by molar-refractivity contribution is 0.510. The van der Waals surface area contributed by atoms with Crippen molar-refractivity contribution in [1.29, 1.82) is 0 Å². The summed E-state index contributed by atoms with van der Waals surface area (Å²) in [5, 5.41) is -0.462. The molecule has 4 nitrogen and oxygen atoms in total. The summed E-state index contributed by atoms with van der Waals surface area (Å²) in [6.45, 7) is 3.38. The summed E-state index contributed by atoms with van der Waals surface area (Å²) in [6.07, 6.45) is 1.39. The second-order valence-corrected chi connectivity index (χ2v) is 7.29. The molecular formula is C12H14F2N2O2S. The lowest BCUT2D eigenvalue weighted by Crippen LogP contribution is -2.20. The van der Waals surface area contributed by atoms with Gasteiger partial charge >= 0.3 is 0 Å². The molecule has 19 heavy (non-hydrogen) atoms. The zero-order valence-electron chi connectivity index (χ0n) is 10.6. The lowest BCUT2D eigenvalue weighted by atomic mass is 10.3. The largest absolute Gasteiger partial charge is 0.329 e. The van der Waals surface area contributed by atoms with E-state index in [-0.39, 0.29) is 12.3 Å². The summed E-state index contributed by atoms with van der Waals surface area (Å²) in [6, 6.07) is 2.03. The molecule has 1 aromatic carbocycles. The van der Waals surface area contributed by atoms with Crippen LogP contribution in [0.1, 0.15) is 13.8 Å². The van der Waals surface area contributed by atoms with Crippen LogP contribution >= 0.6 is 0 Å².